The number of hydrogen-bond donors (Lipinski definition) is 0. The third-order valence-electron chi connectivity index (χ3n) is 10.3. The van der Waals surface area contributed by atoms with Gasteiger partial charge in [-0.3, -0.25) is 14.4 Å². The molecular formula is C38H61NO10Si. The number of aromatic nitrogens is 1. The predicted molar refractivity (Wildman–Crippen MR) is 193 cm³/mol. The molecule has 2 aliphatic heterocycles. The van der Waals surface area contributed by atoms with Gasteiger partial charge in [0.2, 0.25) is 5.89 Å². The van der Waals surface area contributed by atoms with Crippen LogP contribution in [-0.2, 0) is 42.5 Å². The number of nitrogens with zero attached hydrogens (tertiary/aromatic N) is 1. The minimum Gasteiger partial charge on any atom is -0.462 e. The molecule has 6 atom stereocenters. The van der Waals surface area contributed by atoms with Crippen LogP contribution in [0.3, 0.4) is 0 Å². The highest BCUT2D eigenvalue weighted by Crippen LogP contribution is 2.40. The molecular weight excluding hydrogens is 659 g/mol. The molecule has 0 unspecified atom stereocenters. The summed E-state index contributed by atoms with van der Waals surface area (Å²) in [7, 11) is -0.578. The maximum absolute atomic E-state index is 13.5. The van der Waals surface area contributed by atoms with Crippen LogP contribution in [0.2, 0.25) is 18.1 Å². The van der Waals surface area contributed by atoms with E-state index in [-0.39, 0.29) is 29.5 Å². The molecule has 1 spiro atoms. The lowest BCUT2D eigenvalue weighted by molar-refractivity contribution is -0.173. The van der Waals surface area contributed by atoms with Gasteiger partial charge in [-0.15, -0.1) is 0 Å². The minimum absolute atomic E-state index is 0.0215. The van der Waals surface area contributed by atoms with Gasteiger partial charge in [0.15, 0.2) is 26.0 Å². The van der Waals surface area contributed by atoms with Crippen molar-refractivity contribution in [3.8, 4) is 0 Å². The summed E-state index contributed by atoms with van der Waals surface area (Å²) in [5, 5.41) is -0.0215. The monoisotopic (exact) mass is 719 g/mol. The summed E-state index contributed by atoms with van der Waals surface area (Å²) in [5.41, 5.74) is 1.32. The molecule has 12 heteroatoms. The molecule has 2 aliphatic rings. The Morgan fingerprint density at radius 1 is 1.06 bits per heavy atom. The fourth-order valence-corrected chi connectivity index (χ4v) is 7.38. The number of carbonyl (C=O) groups excluding carboxylic acids is 3. The van der Waals surface area contributed by atoms with E-state index in [0.29, 0.717) is 63.3 Å². The number of cyclic esters (lactones) is 1. The van der Waals surface area contributed by atoms with Crippen molar-refractivity contribution in [2.24, 2.45) is 11.8 Å². The highest BCUT2D eigenvalue weighted by molar-refractivity contribution is 6.74. The molecule has 1 aromatic rings. The number of oxazole rings is 1. The van der Waals surface area contributed by atoms with Gasteiger partial charge in [-0.2, -0.15) is 0 Å². The fourth-order valence-electron chi connectivity index (χ4n) is 5.99. The van der Waals surface area contributed by atoms with Crippen molar-refractivity contribution in [3.05, 3.63) is 35.6 Å². The number of carbonyl (C=O) groups is 3. The zero-order valence-corrected chi connectivity index (χ0v) is 33.2. The maximum atomic E-state index is 13.5. The lowest BCUT2D eigenvalue weighted by Gasteiger charge is -2.41. The Morgan fingerprint density at radius 2 is 1.72 bits per heavy atom. The molecule has 3 rings (SSSR count). The standard InChI is InChI=1S/C38H61NO10Si/c1-25(28(4)43-9)21-35-39-32(24-44-35)34-22-30(47-29(5)40)14-12-15-31(49-50(10,11)37(6,7)8)23-38(45-18-19-46-38)17-13-16-33(41)26(2)20-27(3)36(42)48-34/h13,16,21,24,26-28,30-31,34H,12,14-15,17-20,22-23H2,1-11H3/b16-13+,25-21-/t26-,27-,28+,30-,31+,34-/m0/s1. The van der Waals surface area contributed by atoms with Crippen LogP contribution in [0.25, 0.3) is 6.08 Å². The highest BCUT2D eigenvalue weighted by atomic mass is 28.4. The number of rotatable bonds is 7. The van der Waals surface area contributed by atoms with Crippen LogP contribution in [0.1, 0.15) is 118 Å². The SMILES string of the molecule is CO[C@H](C)/C(C)=C\c1nc([C@@H]2C[C@@H](OC(C)=O)CCC[C@@H](O[Si](C)(C)C(C)(C)C)CC3(C/C=C/C(=O)[C@@H](C)C[C@H](C)C(=O)O2)OCCO3)co1. The number of allylic oxidation sites excluding steroid dienone is 1. The smallest absolute Gasteiger partial charge is 0.309 e. The number of esters is 2. The van der Waals surface area contributed by atoms with E-state index >= 15 is 0 Å². The summed E-state index contributed by atoms with van der Waals surface area (Å²) < 4.78 is 42.5. The first-order chi connectivity index (χ1) is 23.3. The van der Waals surface area contributed by atoms with Gasteiger partial charge < -0.3 is 32.5 Å². The Balaban J connectivity index is 1.99. The second kappa shape index (κ2) is 18.2. The molecule has 0 radical (unpaired) electrons. The zero-order valence-electron chi connectivity index (χ0n) is 32.2. The van der Waals surface area contributed by atoms with Gasteiger partial charge >= 0.3 is 11.9 Å². The Labute approximate surface area is 299 Å². The minimum atomic E-state index is -2.20. The quantitative estimate of drug-likeness (QED) is 0.201. The second-order valence-electron chi connectivity index (χ2n) is 15.6. The second-order valence-corrected chi connectivity index (χ2v) is 20.3. The predicted octanol–water partition coefficient (Wildman–Crippen LogP) is 7.90. The van der Waals surface area contributed by atoms with Crippen LogP contribution in [-0.4, -0.2) is 75.4 Å². The van der Waals surface area contributed by atoms with E-state index in [1.807, 2.05) is 26.8 Å². The van der Waals surface area contributed by atoms with Crippen molar-refractivity contribution in [3.63, 3.8) is 0 Å². The molecule has 282 valence electrons. The summed E-state index contributed by atoms with van der Waals surface area (Å²) in [5.74, 6) is -2.56. The van der Waals surface area contributed by atoms with Gasteiger partial charge in [-0.25, -0.2) is 4.98 Å². The van der Waals surface area contributed by atoms with Gasteiger partial charge in [-0.1, -0.05) is 40.7 Å². The third-order valence-corrected chi connectivity index (χ3v) is 14.8. The summed E-state index contributed by atoms with van der Waals surface area (Å²) >= 11 is 0. The van der Waals surface area contributed by atoms with E-state index in [2.05, 4.69) is 38.8 Å². The summed E-state index contributed by atoms with van der Waals surface area (Å²) in [6, 6.07) is 0. The van der Waals surface area contributed by atoms with Gasteiger partial charge in [-0.05, 0) is 69.3 Å². The molecule has 1 saturated heterocycles. The van der Waals surface area contributed by atoms with Crippen LogP contribution in [0, 0.1) is 11.8 Å². The van der Waals surface area contributed by atoms with E-state index in [9.17, 15) is 14.4 Å². The topological polar surface area (TPSA) is 133 Å². The Bertz CT molecular complexity index is 1340. The first kappa shape index (κ1) is 41.8. The van der Waals surface area contributed by atoms with Crippen molar-refractivity contribution in [1.29, 1.82) is 0 Å². The number of hydrogen-bond acceptors (Lipinski definition) is 11. The largest absolute Gasteiger partial charge is 0.462 e. The molecule has 0 aliphatic carbocycles. The summed E-state index contributed by atoms with van der Waals surface area (Å²) in [4.78, 5) is 43.7. The van der Waals surface area contributed by atoms with E-state index in [4.69, 9.17) is 32.5 Å². The lowest BCUT2D eigenvalue weighted by atomic mass is 9.92. The van der Waals surface area contributed by atoms with Crippen LogP contribution in [0.15, 0.2) is 28.4 Å². The molecule has 0 saturated carbocycles. The van der Waals surface area contributed by atoms with E-state index in [1.54, 1.807) is 26.2 Å². The Kier molecular flexibility index (Phi) is 15.2. The van der Waals surface area contributed by atoms with Crippen LogP contribution in [0.5, 0.6) is 0 Å². The number of ketones is 1. The van der Waals surface area contributed by atoms with Crippen molar-refractivity contribution >= 4 is 32.1 Å². The van der Waals surface area contributed by atoms with Crippen molar-refractivity contribution < 1.29 is 46.9 Å². The van der Waals surface area contributed by atoms with Crippen molar-refractivity contribution in [1.82, 2.24) is 4.98 Å². The molecule has 0 bridgehead atoms. The molecule has 0 N–H and O–H groups in total. The summed E-state index contributed by atoms with van der Waals surface area (Å²) in [6.45, 7) is 20.8. The number of ether oxygens (including phenoxy) is 5. The number of methoxy groups -OCH3 is 1. The van der Waals surface area contributed by atoms with Crippen molar-refractivity contribution in [2.75, 3.05) is 20.3 Å². The normalized spacial score (nSPS) is 28.1. The third kappa shape index (κ3) is 12.2. The van der Waals surface area contributed by atoms with Gasteiger partial charge in [0, 0.05) is 45.3 Å². The van der Waals surface area contributed by atoms with Crippen LogP contribution >= 0.6 is 0 Å². The molecule has 0 aromatic carbocycles. The van der Waals surface area contributed by atoms with E-state index in [0.717, 1.165) is 5.57 Å². The molecule has 0 amide bonds. The van der Waals surface area contributed by atoms with E-state index in [1.165, 1.54) is 13.2 Å². The summed E-state index contributed by atoms with van der Waals surface area (Å²) in [6.07, 6.45) is 8.08. The maximum Gasteiger partial charge on any atom is 0.309 e. The van der Waals surface area contributed by atoms with Gasteiger partial charge in [0.05, 0.1) is 31.3 Å². The Hall–Kier alpha value is -2.64. The van der Waals surface area contributed by atoms with Crippen LogP contribution < -0.4 is 0 Å². The molecule has 11 nitrogen and oxygen atoms in total. The average Bonchev–Trinajstić information content (AvgIpc) is 3.68. The zero-order chi connectivity index (χ0) is 37.3. The molecule has 50 heavy (non-hydrogen) atoms. The Morgan fingerprint density at radius 3 is 2.34 bits per heavy atom. The first-order valence-corrected chi connectivity index (χ1v) is 21.0. The molecule has 3 heterocycles. The van der Waals surface area contributed by atoms with E-state index < -0.39 is 50.1 Å². The molecule has 1 aromatic heterocycles. The van der Waals surface area contributed by atoms with Crippen molar-refractivity contribution in [2.45, 2.75) is 149 Å². The lowest BCUT2D eigenvalue weighted by Crippen LogP contribution is -2.46. The highest BCUT2D eigenvalue weighted by Gasteiger charge is 2.43. The van der Waals surface area contributed by atoms with Gasteiger partial charge in [0.1, 0.15) is 18.1 Å². The molecule has 1 fully saturated rings. The first-order valence-electron chi connectivity index (χ1n) is 18.0. The average molecular weight is 720 g/mol. The fraction of sp³-hybridized carbons (Fsp3) is 0.737. The van der Waals surface area contributed by atoms with Crippen LogP contribution in [0.4, 0.5) is 0 Å². The van der Waals surface area contributed by atoms with Gasteiger partial charge in [0.25, 0.3) is 0 Å².